The Bertz CT molecular complexity index is 344. The lowest BCUT2D eigenvalue weighted by Gasteiger charge is -2.13. The minimum absolute atomic E-state index is 0.102. The zero-order chi connectivity index (χ0) is 11.4. The standard InChI is InChI=1S/C10H13NO4/c11-6(4-5-9(14)15)10-7(12)2-1-3-8(10)13/h1-3,6,12-13H,4-5,11H2,(H,14,15). The number of aliphatic carboxylic acids is 1. The maximum atomic E-state index is 10.3. The molecule has 0 aliphatic heterocycles. The highest BCUT2D eigenvalue weighted by atomic mass is 16.4. The van der Waals surface area contributed by atoms with Crippen LogP contribution >= 0.6 is 0 Å². The Hall–Kier alpha value is -1.75. The Morgan fingerprint density at radius 3 is 2.33 bits per heavy atom. The second-order valence-electron chi connectivity index (χ2n) is 3.25. The molecule has 82 valence electrons. The van der Waals surface area contributed by atoms with Gasteiger partial charge in [-0.25, -0.2) is 0 Å². The Morgan fingerprint density at radius 2 is 1.87 bits per heavy atom. The van der Waals surface area contributed by atoms with Gasteiger partial charge in [0.15, 0.2) is 0 Å². The van der Waals surface area contributed by atoms with Crippen molar-refractivity contribution in [2.45, 2.75) is 18.9 Å². The van der Waals surface area contributed by atoms with Crippen molar-refractivity contribution in [3.8, 4) is 11.5 Å². The van der Waals surface area contributed by atoms with Crippen molar-refractivity contribution in [2.75, 3.05) is 0 Å². The van der Waals surface area contributed by atoms with Crippen LogP contribution in [0.15, 0.2) is 18.2 Å². The molecule has 1 aromatic carbocycles. The summed E-state index contributed by atoms with van der Waals surface area (Å²) in [5.41, 5.74) is 5.85. The largest absolute Gasteiger partial charge is 0.507 e. The maximum absolute atomic E-state index is 10.3. The molecule has 1 rings (SSSR count). The van der Waals surface area contributed by atoms with Crippen LogP contribution in [0, 0.1) is 0 Å². The highest BCUT2D eigenvalue weighted by molar-refractivity contribution is 5.66. The molecule has 0 saturated carbocycles. The lowest BCUT2D eigenvalue weighted by atomic mass is 10.0. The first-order valence-electron chi connectivity index (χ1n) is 4.50. The highest BCUT2D eigenvalue weighted by Gasteiger charge is 2.16. The van der Waals surface area contributed by atoms with Crippen molar-refractivity contribution in [2.24, 2.45) is 5.73 Å². The number of carboxylic acids is 1. The molecular weight excluding hydrogens is 198 g/mol. The van der Waals surface area contributed by atoms with E-state index in [-0.39, 0.29) is 29.9 Å². The molecule has 0 radical (unpaired) electrons. The van der Waals surface area contributed by atoms with Gasteiger partial charge in [0.1, 0.15) is 11.5 Å². The number of phenols is 2. The third kappa shape index (κ3) is 2.85. The van der Waals surface area contributed by atoms with Gasteiger partial charge in [-0.15, -0.1) is 0 Å². The van der Waals surface area contributed by atoms with Crippen molar-refractivity contribution in [1.82, 2.24) is 0 Å². The molecule has 5 N–H and O–H groups in total. The molecule has 0 spiro atoms. The Balaban J connectivity index is 2.81. The quantitative estimate of drug-likeness (QED) is 0.594. The van der Waals surface area contributed by atoms with E-state index in [1.54, 1.807) is 0 Å². The first kappa shape index (κ1) is 11.3. The van der Waals surface area contributed by atoms with Crippen LogP contribution in [0.25, 0.3) is 0 Å². The Kier molecular flexibility index (Phi) is 3.51. The topological polar surface area (TPSA) is 104 Å². The third-order valence-corrected chi connectivity index (χ3v) is 2.10. The van der Waals surface area contributed by atoms with E-state index in [9.17, 15) is 15.0 Å². The molecule has 0 aromatic heterocycles. The summed E-state index contributed by atoms with van der Waals surface area (Å²) >= 11 is 0. The summed E-state index contributed by atoms with van der Waals surface area (Å²) < 4.78 is 0. The van der Waals surface area contributed by atoms with Crippen LogP contribution in [0.5, 0.6) is 11.5 Å². The predicted molar refractivity (Wildman–Crippen MR) is 53.6 cm³/mol. The van der Waals surface area contributed by atoms with Gasteiger partial charge in [0.2, 0.25) is 0 Å². The lowest BCUT2D eigenvalue weighted by Crippen LogP contribution is -2.12. The number of phenolic OH excluding ortho intramolecular Hbond substituents is 2. The number of carboxylic acid groups (broad SMARTS) is 1. The van der Waals surface area contributed by atoms with E-state index >= 15 is 0 Å². The molecule has 0 aliphatic carbocycles. The SMILES string of the molecule is NC(CCC(=O)O)c1c(O)cccc1O. The summed E-state index contributed by atoms with van der Waals surface area (Å²) in [6.07, 6.45) is 0.0649. The van der Waals surface area contributed by atoms with Crippen molar-refractivity contribution in [3.05, 3.63) is 23.8 Å². The molecule has 0 heterocycles. The zero-order valence-electron chi connectivity index (χ0n) is 8.05. The first-order chi connectivity index (χ1) is 7.02. The van der Waals surface area contributed by atoms with Crippen LogP contribution in [0.3, 0.4) is 0 Å². The summed E-state index contributed by atoms with van der Waals surface area (Å²) in [4.78, 5) is 10.3. The van der Waals surface area contributed by atoms with Gasteiger partial charge in [-0.05, 0) is 18.6 Å². The van der Waals surface area contributed by atoms with Crippen LogP contribution in [-0.2, 0) is 4.79 Å². The molecule has 0 bridgehead atoms. The van der Waals surface area contributed by atoms with Crippen LogP contribution in [0.2, 0.25) is 0 Å². The summed E-state index contributed by atoms with van der Waals surface area (Å²) in [6, 6.07) is 3.60. The van der Waals surface area contributed by atoms with Gasteiger partial charge in [0.05, 0.1) is 5.56 Å². The minimum atomic E-state index is -0.958. The minimum Gasteiger partial charge on any atom is -0.507 e. The van der Waals surface area contributed by atoms with Crippen molar-refractivity contribution >= 4 is 5.97 Å². The third-order valence-electron chi connectivity index (χ3n) is 2.10. The average Bonchev–Trinajstić information content (AvgIpc) is 2.14. The van der Waals surface area contributed by atoms with Gasteiger partial charge in [-0.2, -0.15) is 0 Å². The van der Waals surface area contributed by atoms with Crippen LogP contribution in [0.4, 0.5) is 0 Å². The molecule has 0 aliphatic rings. The van der Waals surface area contributed by atoms with Crippen LogP contribution in [-0.4, -0.2) is 21.3 Å². The molecule has 1 unspecified atom stereocenters. The second kappa shape index (κ2) is 4.65. The number of rotatable bonds is 4. The molecule has 0 amide bonds. The van der Waals surface area contributed by atoms with Crippen molar-refractivity contribution < 1.29 is 20.1 Å². The van der Waals surface area contributed by atoms with Gasteiger partial charge in [0.25, 0.3) is 0 Å². The lowest BCUT2D eigenvalue weighted by molar-refractivity contribution is -0.137. The van der Waals surface area contributed by atoms with Crippen LogP contribution < -0.4 is 5.73 Å². The van der Waals surface area contributed by atoms with E-state index in [0.717, 1.165) is 0 Å². The molecule has 15 heavy (non-hydrogen) atoms. The van der Waals surface area contributed by atoms with E-state index in [0.29, 0.717) is 0 Å². The van der Waals surface area contributed by atoms with E-state index in [1.165, 1.54) is 18.2 Å². The summed E-state index contributed by atoms with van der Waals surface area (Å²) in [6.45, 7) is 0. The van der Waals surface area contributed by atoms with Crippen LogP contribution in [0.1, 0.15) is 24.4 Å². The van der Waals surface area contributed by atoms with E-state index in [2.05, 4.69) is 0 Å². The average molecular weight is 211 g/mol. The summed E-state index contributed by atoms with van der Waals surface area (Å²) in [7, 11) is 0. The zero-order valence-corrected chi connectivity index (χ0v) is 8.05. The fourth-order valence-corrected chi connectivity index (χ4v) is 1.34. The molecular formula is C10H13NO4. The molecule has 1 aromatic rings. The first-order valence-corrected chi connectivity index (χ1v) is 4.50. The van der Waals surface area contributed by atoms with Gasteiger partial charge >= 0.3 is 5.97 Å². The van der Waals surface area contributed by atoms with Gasteiger partial charge in [0, 0.05) is 12.5 Å². The Morgan fingerprint density at radius 1 is 1.33 bits per heavy atom. The molecule has 0 fully saturated rings. The van der Waals surface area contributed by atoms with E-state index in [4.69, 9.17) is 10.8 Å². The van der Waals surface area contributed by atoms with Gasteiger partial charge in [-0.1, -0.05) is 6.07 Å². The number of hydrogen-bond acceptors (Lipinski definition) is 4. The fraction of sp³-hybridized carbons (Fsp3) is 0.300. The van der Waals surface area contributed by atoms with E-state index < -0.39 is 12.0 Å². The van der Waals surface area contributed by atoms with Gasteiger partial charge in [-0.3, -0.25) is 4.79 Å². The normalized spacial score (nSPS) is 12.3. The van der Waals surface area contributed by atoms with Crippen molar-refractivity contribution in [1.29, 1.82) is 0 Å². The number of carbonyl (C=O) groups is 1. The highest BCUT2D eigenvalue weighted by Crippen LogP contribution is 2.33. The number of aromatic hydroxyl groups is 2. The molecule has 5 nitrogen and oxygen atoms in total. The number of nitrogens with two attached hydrogens (primary N) is 1. The maximum Gasteiger partial charge on any atom is 0.303 e. The molecule has 0 saturated heterocycles. The molecule has 5 heteroatoms. The predicted octanol–water partition coefficient (Wildman–Crippen LogP) is 0.962. The van der Waals surface area contributed by atoms with Gasteiger partial charge < -0.3 is 21.1 Å². The monoisotopic (exact) mass is 211 g/mol. The van der Waals surface area contributed by atoms with Crippen molar-refractivity contribution in [3.63, 3.8) is 0 Å². The second-order valence-corrected chi connectivity index (χ2v) is 3.25. The summed E-state index contributed by atoms with van der Waals surface area (Å²) in [5, 5.41) is 27.3. The fourth-order valence-electron chi connectivity index (χ4n) is 1.34. The number of hydrogen-bond donors (Lipinski definition) is 4. The number of benzene rings is 1. The smallest absolute Gasteiger partial charge is 0.303 e. The molecule has 1 atom stereocenters. The summed E-state index contributed by atoms with van der Waals surface area (Å²) in [5.74, 6) is -1.19. The Labute approximate surface area is 86.8 Å². The van der Waals surface area contributed by atoms with E-state index in [1.807, 2.05) is 0 Å².